The van der Waals surface area contributed by atoms with Crippen LogP contribution >= 0.6 is 0 Å². The van der Waals surface area contributed by atoms with Crippen molar-refractivity contribution in [3.63, 3.8) is 0 Å². The number of rotatable bonds is 2. The molecule has 4 rings (SSSR count). The van der Waals surface area contributed by atoms with Crippen molar-refractivity contribution in [2.24, 2.45) is 0 Å². The zero-order valence-corrected chi connectivity index (χ0v) is 13.0. The van der Waals surface area contributed by atoms with Crippen molar-refractivity contribution in [1.82, 2.24) is 10.1 Å². The second-order valence-electron chi connectivity index (χ2n) is 5.65. The van der Waals surface area contributed by atoms with Gasteiger partial charge < -0.3 is 18.9 Å². The molecule has 0 N–H and O–H groups in total. The maximum Gasteiger partial charge on any atom is 0.184 e. The Kier molecular flexibility index (Phi) is 4.05. The number of nitrogens with zero attached hydrogens (tertiary/aromatic N) is 3. The Labute approximate surface area is 134 Å². The normalized spacial score (nSPS) is 18.2. The van der Waals surface area contributed by atoms with Gasteiger partial charge in [-0.1, -0.05) is 23.1 Å². The Bertz CT molecular complexity index is 740. The number of anilines is 1. The minimum absolute atomic E-state index is 0.626. The van der Waals surface area contributed by atoms with Gasteiger partial charge in [0.05, 0.1) is 32.8 Å². The molecule has 1 aromatic heterocycles. The predicted octanol–water partition coefficient (Wildman–Crippen LogP) is 1.36. The summed E-state index contributed by atoms with van der Waals surface area (Å²) in [7, 11) is 0. The summed E-state index contributed by atoms with van der Waals surface area (Å²) in [5, 5.41) is 5.16. The smallest absolute Gasteiger partial charge is 0.184 e. The molecule has 0 amide bonds. The Balaban J connectivity index is 1.47. The van der Waals surface area contributed by atoms with Crippen LogP contribution < -0.4 is 9.64 Å². The van der Waals surface area contributed by atoms with Crippen molar-refractivity contribution in [2.45, 2.75) is 0 Å². The lowest BCUT2D eigenvalue weighted by molar-refractivity contribution is 0.0443. The maximum absolute atomic E-state index is 5.80. The summed E-state index contributed by atoms with van der Waals surface area (Å²) in [4.78, 5) is 4.43. The van der Waals surface area contributed by atoms with E-state index < -0.39 is 0 Å². The average Bonchev–Trinajstić information content (AvgIpc) is 2.94. The van der Waals surface area contributed by atoms with Crippen molar-refractivity contribution in [1.29, 1.82) is 0 Å². The molecule has 1 aromatic carbocycles. The number of ether oxygens (including phenoxy) is 2. The van der Waals surface area contributed by atoms with Gasteiger partial charge >= 0.3 is 0 Å². The lowest BCUT2D eigenvalue weighted by Crippen LogP contribution is -2.36. The van der Waals surface area contributed by atoms with Gasteiger partial charge in [-0.2, -0.15) is 0 Å². The van der Waals surface area contributed by atoms with Crippen LogP contribution in [0.3, 0.4) is 0 Å². The molecule has 1 saturated heterocycles. The molecule has 6 nitrogen and oxygen atoms in total. The van der Waals surface area contributed by atoms with E-state index >= 15 is 0 Å². The third-order valence-corrected chi connectivity index (χ3v) is 4.16. The molecule has 0 spiro atoms. The van der Waals surface area contributed by atoms with Gasteiger partial charge in [0.1, 0.15) is 17.7 Å². The number of hydrogen-bond acceptors (Lipinski definition) is 6. The van der Waals surface area contributed by atoms with Crippen LogP contribution in [0.25, 0.3) is 11.0 Å². The van der Waals surface area contributed by atoms with Gasteiger partial charge in [-0.25, -0.2) is 0 Å². The lowest BCUT2D eigenvalue weighted by atomic mass is 10.2. The van der Waals surface area contributed by atoms with Crippen LogP contribution in [0.4, 0.5) is 5.82 Å². The summed E-state index contributed by atoms with van der Waals surface area (Å²) in [6.07, 6.45) is 0. The van der Waals surface area contributed by atoms with E-state index in [1.165, 1.54) is 0 Å². The number of benzene rings is 1. The second-order valence-corrected chi connectivity index (χ2v) is 5.65. The first-order valence-corrected chi connectivity index (χ1v) is 7.94. The first-order valence-electron chi connectivity index (χ1n) is 7.94. The average molecular weight is 313 g/mol. The molecule has 0 bridgehead atoms. The molecular formula is C17H19N3O3. The maximum atomic E-state index is 5.80. The summed E-state index contributed by atoms with van der Waals surface area (Å²) in [6, 6.07) is 5.79. The van der Waals surface area contributed by atoms with Crippen molar-refractivity contribution >= 4 is 16.8 Å². The fraction of sp³-hybridized carbons (Fsp3) is 0.471. The van der Waals surface area contributed by atoms with Crippen LogP contribution in [0.1, 0.15) is 0 Å². The molecule has 2 aliphatic rings. The highest BCUT2D eigenvalue weighted by Gasteiger charge is 2.21. The highest BCUT2D eigenvalue weighted by Crippen LogP contribution is 2.35. The second kappa shape index (κ2) is 6.49. The predicted molar refractivity (Wildman–Crippen MR) is 86.8 cm³/mol. The third-order valence-electron chi connectivity index (χ3n) is 4.16. The standard InChI is InChI=1S/C17H19N3O3/c1(6-19-8-11-21-12-9-19)2-7-20-10-13-22-14-4-3-5-15-16(14)17(20)18-23-15/h3-5H,6-13H2. The minimum Gasteiger partial charge on any atom is -0.491 e. The van der Waals surface area contributed by atoms with Crippen molar-refractivity contribution in [3.05, 3.63) is 18.2 Å². The number of hydrogen-bond donors (Lipinski definition) is 0. The molecule has 0 unspecified atom stereocenters. The fourth-order valence-corrected chi connectivity index (χ4v) is 2.89. The van der Waals surface area contributed by atoms with E-state index in [1.807, 2.05) is 18.2 Å². The Morgan fingerprint density at radius 1 is 1.04 bits per heavy atom. The Morgan fingerprint density at radius 2 is 1.91 bits per heavy atom. The molecule has 6 heteroatoms. The van der Waals surface area contributed by atoms with E-state index in [9.17, 15) is 0 Å². The molecule has 23 heavy (non-hydrogen) atoms. The first-order chi connectivity index (χ1) is 11.4. The molecular weight excluding hydrogens is 294 g/mol. The van der Waals surface area contributed by atoms with Crippen molar-refractivity contribution in [3.8, 4) is 17.6 Å². The van der Waals surface area contributed by atoms with Gasteiger partial charge in [0, 0.05) is 13.1 Å². The van der Waals surface area contributed by atoms with Crippen LogP contribution in [0.5, 0.6) is 5.75 Å². The molecule has 0 aliphatic carbocycles. The fourth-order valence-electron chi connectivity index (χ4n) is 2.89. The summed E-state index contributed by atoms with van der Waals surface area (Å²) in [5.74, 6) is 8.16. The molecule has 1 fully saturated rings. The highest BCUT2D eigenvalue weighted by molar-refractivity contribution is 5.94. The highest BCUT2D eigenvalue weighted by atomic mass is 16.5. The summed E-state index contributed by atoms with van der Waals surface area (Å²) in [6.45, 7) is 6.33. The lowest BCUT2D eigenvalue weighted by Gasteiger charge is -2.24. The van der Waals surface area contributed by atoms with Crippen LogP contribution in [-0.2, 0) is 4.74 Å². The first kappa shape index (κ1) is 14.4. The van der Waals surface area contributed by atoms with Gasteiger partial charge in [0.15, 0.2) is 11.4 Å². The van der Waals surface area contributed by atoms with Crippen molar-refractivity contribution in [2.75, 3.05) is 57.4 Å². The van der Waals surface area contributed by atoms with Crippen molar-refractivity contribution < 1.29 is 14.0 Å². The minimum atomic E-state index is 0.626. The summed E-state index contributed by atoms with van der Waals surface area (Å²) in [5.41, 5.74) is 0.755. The quantitative estimate of drug-likeness (QED) is 0.781. The monoisotopic (exact) mass is 313 g/mol. The topological polar surface area (TPSA) is 51.0 Å². The zero-order chi connectivity index (χ0) is 15.5. The molecule has 120 valence electrons. The van der Waals surface area contributed by atoms with Gasteiger partial charge in [0.2, 0.25) is 0 Å². The molecule has 2 aromatic rings. The molecule has 2 aliphatic heterocycles. The van der Waals surface area contributed by atoms with Crippen LogP contribution in [-0.4, -0.2) is 62.6 Å². The van der Waals surface area contributed by atoms with E-state index in [2.05, 4.69) is 26.8 Å². The van der Waals surface area contributed by atoms with Crippen LogP contribution in [0.15, 0.2) is 22.7 Å². The van der Waals surface area contributed by atoms with E-state index in [1.54, 1.807) is 0 Å². The molecule has 3 heterocycles. The Hall–Kier alpha value is -2.23. The Morgan fingerprint density at radius 3 is 2.83 bits per heavy atom. The van der Waals surface area contributed by atoms with Crippen LogP contribution in [0.2, 0.25) is 0 Å². The van der Waals surface area contributed by atoms with Crippen LogP contribution in [0, 0.1) is 11.8 Å². The summed E-state index contributed by atoms with van der Waals surface area (Å²) < 4.78 is 16.5. The zero-order valence-electron chi connectivity index (χ0n) is 13.0. The summed E-state index contributed by atoms with van der Waals surface area (Å²) >= 11 is 0. The number of aromatic nitrogens is 1. The van der Waals surface area contributed by atoms with E-state index in [-0.39, 0.29) is 0 Å². The SMILES string of the molecule is C(#CCN1CCOc2cccc3onc1c23)CN1CCOCC1. The number of morpholine rings is 1. The van der Waals surface area contributed by atoms with Gasteiger partial charge in [-0.3, -0.25) is 4.90 Å². The molecule has 0 radical (unpaired) electrons. The van der Waals surface area contributed by atoms with Gasteiger partial charge in [0.25, 0.3) is 0 Å². The van der Waals surface area contributed by atoms with E-state index in [0.29, 0.717) is 13.2 Å². The largest absolute Gasteiger partial charge is 0.491 e. The van der Waals surface area contributed by atoms with E-state index in [4.69, 9.17) is 14.0 Å². The van der Waals surface area contributed by atoms with E-state index in [0.717, 1.165) is 61.9 Å². The van der Waals surface area contributed by atoms with Gasteiger partial charge in [-0.05, 0) is 12.1 Å². The molecule has 0 atom stereocenters. The third kappa shape index (κ3) is 2.98. The molecule has 0 saturated carbocycles. The van der Waals surface area contributed by atoms with Gasteiger partial charge in [-0.15, -0.1) is 0 Å².